The Labute approximate surface area is 133 Å². The summed E-state index contributed by atoms with van der Waals surface area (Å²) in [6.45, 7) is 1.18. The molecular weight excluding hydrogens is 293 g/mol. The molecule has 2 aromatic carbocycles. The number of nitrogens with one attached hydrogen (secondary N) is 1. The van der Waals surface area contributed by atoms with Crippen molar-refractivity contribution >= 4 is 10.8 Å². The second-order valence-electron chi connectivity index (χ2n) is 5.43. The smallest absolute Gasteiger partial charge is 0.274 e. The molecule has 3 aromatic rings. The second kappa shape index (κ2) is 6.71. The Morgan fingerprint density at radius 3 is 2.48 bits per heavy atom. The Kier molecular flexibility index (Phi) is 4.48. The number of likely N-dealkylation sites (N-methyl/N-ethyl adjacent to an activating group) is 1. The van der Waals surface area contributed by atoms with E-state index in [4.69, 9.17) is 0 Å². The van der Waals surface area contributed by atoms with Gasteiger partial charge in [-0.3, -0.25) is 4.79 Å². The number of hydrogen-bond donors (Lipinski definition) is 1. The topological polar surface area (TPSA) is 46.9 Å². The SMILES string of the molecule is CNCCn1nc(Cc2ccc(F)cc2)c2ccccc2c1=O. The zero-order chi connectivity index (χ0) is 16.2. The summed E-state index contributed by atoms with van der Waals surface area (Å²) in [6.07, 6.45) is 0.556. The van der Waals surface area contributed by atoms with Crippen molar-refractivity contribution in [2.24, 2.45) is 0 Å². The van der Waals surface area contributed by atoms with E-state index in [1.807, 2.05) is 31.3 Å². The van der Waals surface area contributed by atoms with Gasteiger partial charge in [-0.05, 0) is 30.8 Å². The molecule has 1 aromatic heterocycles. The predicted octanol–water partition coefficient (Wildman–Crippen LogP) is 2.35. The van der Waals surface area contributed by atoms with Gasteiger partial charge in [0.2, 0.25) is 0 Å². The van der Waals surface area contributed by atoms with Crippen molar-refractivity contribution in [2.45, 2.75) is 13.0 Å². The van der Waals surface area contributed by atoms with E-state index < -0.39 is 0 Å². The summed E-state index contributed by atoms with van der Waals surface area (Å²) in [7, 11) is 1.84. The van der Waals surface area contributed by atoms with Crippen LogP contribution >= 0.6 is 0 Å². The van der Waals surface area contributed by atoms with E-state index in [-0.39, 0.29) is 11.4 Å². The van der Waals surface area contributed by atoms with Crippen LogP contribution in [0.1, 0.15) is 11.3 Å². The lowest BCUT2D eigenvalue weighted by molar-refractivity contribution is 0.552. The van der Waals surface area contributed by atoms with Crippen molar-refractivity contribution in [3.05, 3.63) is 76.0 Å². The van der Waals surface area contributed by atoms with Gasteiger partial charge in [0, 0.05) is 18.4 Å². The van der Waals surface area contributed by atoms with Gasteiger partial charge >= 0.3 is 0 Å². The molecule has 0 saturated carbocycles. The van der Waals surface area contributed by atoms with Crippen molar-refractivity contribution in [3.63, 3.8) is 0 Å². The maximum absolute atomic E-state index is 13.1. The summed E-state index contributed by atoms with van der Waals surface area (Å²) >= 11 is 0. The fraction of sp³-hybridized carbons (Fsp3) is 0.222. The second-order valence-corrected chi connectivity index (χ2v) is 5.43. The maximum Gasteiger partial charge on any atom is 0.274 e. The predicted molar refractivity (Wildman–Crippen MR) is 89.1 cm³/mol. The molecule has 0 amide bonds. The Hall–Kier alpha value is -2.53. The van der Waals surface area contributed by atoms with Crippen LogP contribution in [0.25, 0.3) is 10.8 Å². The molecule has 5 heteroatoms. The van der Waals surface area contributed by atoms with Crippen molar-refractivity contribution in [1.82, 2.24) is 15.1 Å². The van der Waals surface area contributed by atoms with Crippen molar-refractivity contribution in [2.75, 3.05) is 13.6 Å². The number of rotatable bonds is 5. The largest absolute Gasteiger partial charge is 0.318 e. The molecule has 0 aliphatic heterocycles. The number of halogens is 1. The van der Waals surface area contributed by atoms with Crippen LogP contribution in [0.3, 0.4) is 0 Å². The third-order valence-electron chi connectivity index (χ3n) is 3.80. The number of aromatic nitrogens is 2. The molecule has 0 atom stereocenters. The summed E-state index contributed by atoms with van der Waals surface area (Å²) < 4.78 is 14.6. The van der Waals surface area contributed by atoms with E-state index in [0.29, 0.717) is 24.9 Å². The minimum absolute atomic E-state index is 0.0845. The summed E-state index contributed by atoms with van der Waals surface area (Å²) in [6, 6.07) is 13.9. The van der Waals surface area contributed by atoms with Gasteiger partial charge in [-0.1, -0.05) is 30.3 Å². The highest BCUT2D eigenvalue weighted by Gasteiger charge is 2.10. The molecule has 0 saturated heterocycles. The quantitative estimate of drug-likeness (QED) is 0.787. The molecule has 0 spiro atoms. The van der Waals surface area contributed by atoms with Gasteiger partial charge in [-0.15, -0.1) is 0 Å². The van der Waals surface area contributed by atoms with Gasteiger partial charge in [0.15, 0.2) is 0 Å². The molecule has 4 nitrogen and oxygen atoms in total. The highest BCUT2D eigenvalue weighted by Crippen LogP contribution is 2.17. The molecule has 0 aliphatic carbocycles. The van der Waals surface area contributed by atoms with Gasteiger partial charge < -0.3 is 5.32 Å². The van der Waals surface area contributed by atoms with E-state index in [2.05, 4.69) is 10.4 Å². The van der Waals surface area contributed by atoms with Crippen molar-refractivity contribution < 1.29 is 4.39 Å². The molecule has 0 bridgehead atoms. The maximum atomic E-state index is 13.1. The molecule has 1 N–H and O–H groups in total. The fourth-order valence-electron chi connectivity index (χ4n) is 2.60. The van der Waals surface area contributed by atoms with Crippen LogP contribution in [0.15, 0.2) is 53.3 Å². The first-order valence-corrected chi connectivity index (χ1v) is 7.57. The average molecular weight is 311 g/mol. The summed E-state index contributed by atoms with van der Waals surface area (Å²) in [5, 5.41) is 9.06. The van der Waals surface area contributed by atoms with Crippen molar-refractivity contribution in [3.8, 4) is 0 Å². The number of benzene rings is 2. The normalized spacial score (nSPS) is 11.0. The molecule has 1 heterocycles. The fourth-order valence-corrected chi connectivity index (χ4v) is 2.60. The average Bonchev–Trinajstić information content (AvgIpc) is 2.58. The van der Waals surface area contributed by atoms with E-state index in [0.717, 1.165) is 16.6 Å². The van der Waals surface area contributed by atoms with Crippen LogP contribution in [0, 0.1) is 5.82 Å². The van der Waals surface area contributed by atoms with Crippen LogP contribution in [-0.2, 0) is 13.0 Å². The first-order valence-electron chi connectivity index (χ1n) is 7.57. The van der Waals surface area contributed by atoms with Crippen LogP contribution in [0.2, 0.25) is 0 Å². The number of nitrogens with zero attached hydrogens (tertiary/aromatic N) is 2. The summed E-state index contributed by atoms with van der Waals surface area (Å²) in [5.74, 6) is -0.259. The third kappa shape index (κ3) is 3.29. The standard InChI is InChI=1S/C18H18FN3O/c1-20-10-11-22-18(23)16-5-3-2-4-15(16)17(21-22)12-13-6-8-14(19)9-7-13/h2-9,20H,10-12H2,1H3. The molecule has 3 rings (SSSR count). The van der Waals surface area contributed by atoms with Crippen LogP contribution < -0.4 is 10.9 Å². The van der Waals surface area contributed by atoms with Gasteiger partial charge in [-0.2, -0.15) is 5.10 Å². The van der Waals surface area contributed by atoms with Crippen LogP contribution in [0.5, 0.6) is 0 Å². The van der Waals surface area contributed by atoms with Gasteiger partial charge in [-0.25, -0.2) is 9.07 Å². The Morgan fingerprint density at radius 2 is 1.78 bits per heavy atom. The first kappa shape index (κ1) is 15.4. The lowest BCUT2D eigenvalue weighted by atomic mass is 10.0. The molecule has 0 radical (unpaired) electrons. The highest BCUT2D eigenvalue weighted by molar-refractivity contribution is 5.83. The molecule has 0 fully saturated rings. The van der Waals surface area contributed by atoms with E-state index >= 15 is 0 Å². The third-order valence-corrected chi connectivity index (χ3v) is 3.80. The van der Waals surface area contributed by atoms with Crippen molar-refractivity contribution in [1.29, 1.82) is 0 Å². The van der Waals surface area contributed by atoms with Gasteiger partial charge in [0.1, 0.15) is 5.82 Å². The van der Waals surface area contributed by atoms with Crippen LogP contribution in [-0.4, -0.2) is 23.4 Å². The summed E-state index contributed by atoms with van der Waals surface area (Å²) in [5.41, 5.74) is 1.70. The zero-order valence-corrected chi connectivity index (χ0v) is 12.9. The molecule has 0 aliphatic rings. The lowest BCUT2D eigenvalue weighted by Gasteiger charge is -2.11. The van der Waals surface area contributed by atoms with Crippen LogP contribution in [0.4, 0.5) is 4.39 Å². The van der Waals surface area contributed by atoms with Gasteiger partial charge in [0.05, 0.1) is 17.6 Å². The lowest BCUT2D eigenvalue weighted by Crippen LogP contribution is -2.29. The molecule has 118 valence electrons. The Bertz CT molecular complexity index is 872. The first-order chi connectivity index (χ1) is 11.2. The zero-order valence-electron chi connectivity index (χ0n) is 12.9. The molecular formula is C18H18FN3O. The monoisotopic (exact) mass is 311 g/mol. The Balaban J connectivity index is 2.08. The minimum atomic E-state index is -0.259. The molecule has 23 heavy (non-hydrogen) atoms. The van der Waals surface area contributed by atoms with E-state index in [9.17, 15) is 9.18 Å². The number of hydrogen-bond acceptors (Lipinski definition) is 3. The highest BCUT2D eigenvalue weighted by atomic mass is 19.1. The van der Waals surface area contributed by atoms with Gasteiger partial charge in [0.25, 0.3) is 5.56 Å². The minimum Gasteiger partial charge on any atom is -0.318 e. The van der Waals surface area contributed by atoms with E-state index in [1.54, 1.807) is 12.1 Å². The summed E-state index contributed by atoms with van der Waals surface area (Å²) in [4.78, 5) is 12.5. The molecule has 0 unspecified atom stereocenters. The number of fused-ring (bicyclic) bond motifs is 1. The van der Waals surface area contributed by atoms with E-state index in [1.165, 1.54) is 16.8 Å². The Morgan fingerprint density at radius 1 is 1.09 bits per heavy atom.